The van der Waals surface area contributed by atoms with Gasteiger partial charge in [0.1, 0.15) is 5.82 Å². The van der Waals surface area contributed by atoms with Gasteiger partial charge in [0.2, 0.25) is 0 Å². The lowest BCUT2D eigenvalue weighted by Gasteiger charge is -2.11. The lowest BCUT2D eigenvalue weighted by molar-refractivity contribution is 0.260. The highest BCUT2D eigenvalue weighted by molar-refractivity contribution is 6.30. The van der Waals surface area contributed by atoms with E-state index < -0.39 is 0 Å². The fraction of sp³-hybridized carbons (Fsp3) is 0.500. The molecule has 1 unspecified atom stereocenters. The van der Waals surface area contributed by atoms with Crippen molar-refractivity contribution in [1.82, 2.24) is 5.32 Å². The molecule has 0 saturated heterocycles. The zero-order chi connectivity index (χ0) is 12.0. The normalized spacial score (nSPS) is 12.8. The molecular formula is C12H17ClFNO. The van der Waals surface area contributed by atoms with E-state index in [1.54, 1.807) is 12.1 Å². The topological polar surface area (TPSA) is 32.3 Å². The molecule has 0 heterocycles. The second-order valence-electron chi connectivity index (χ2n) is 3.98. The Hall–Kier alpha value is -0.640. The first-order valence-electron chi connectivity index (χ1n) is 5.39. The van der Waals surface area contributed by atoms with Gasteiger partial charge in [-0.1, -0.05) is 24.6 Å². The summed E-state index contributed by atoms with van der Waals surface area (Å²) in [5, 5.41) is 12.3. The molecule has 0 saturated carbocycles. The van der Waals surface area contributed by atoms with Gasteiger partial charge in [0.25, 0.3) is 0 Å². The third-order valence-electron chi connectivity index (χ3n) is 2.45. The minimum atomic E-state index is -0.283. The molecule has 0 amide bonds. The summed E-state index contributed by atoms with van der Waals surface area (Å²) < 4.78 is 13.4. The third kappa shape index (κ3) is 4.47. The molecule has 0 aromatic heterocycles. The summed E-state index contributed by atoms with van der Waals surface area (Å²) in [5.41, 5.74) is 0.612. The number of halogens is 2. The molecule has 0 aliphatic rings. The van der Waals surface area contributed by atoms with E-state index in [0.29, 0.717) is 23.0 Å². The zero-order valence-corrected chi connectivity index (χ0v) is 10.1. The molecule has 2 nitrogen and oxygen atoms in total. The first-order valence-corrected chi connectivity index (χ1v) is 5.76. The molecule has 1 atom stereocenters. The van der Waals surface area contributed by atoms with Gasteiger partial charge < -0.3 is 10.4 Å². The van der Waals surface area contributed by atoms with Crippen LogP contribution in [0.4, 0.5) is 4.39 Å². The van der Waals surface area contributed by atoms with Crippen molar-refractivity contribution in [2.75, 3.05) is 13.2 Å². The second-order valence-corrected chi connectivity index (χ2v) is 4.42. The summed E-state index contributed by atoms with van der Waals surface area (Å²) >= 11 is 5.65. The number of hydrogen-bond donors (Lipinski definition) is 2. The first-order chi connectivity index (χ1) is 7.63. The van der Waals surface area contributed by atoms with Crippen molar-refractivity contribution in [3.8, 4) is 0 Å². The molecule has 2 N–H and O–H groups in total. The van der Waals surface area contributed by atoms with Crippen molar-refractivity contribution in [2.24, 2.45) is 5.92 Å². The van der Waals surface area contributed by atoms with Crippen LogP contribution in [0.2, 0.25) is 5.02 Å². The summed E-state index contributed by atoms with van der Waals surface area (Å²) in [6.07, 6.45) is 0.760. The van der Waals surface area contributed by atoms with E-state index in [1.165, 1.54) is 6.07 Å². The summed E-state index contributed by atoms with van der Waals surface area (Å²) in [7, 11) is 0. The minimum absolute atomic E-state index is 0.193. The monoisotopic (exact) mass is 245 g/mol. The van der Waals surface area contributed by atoms with E-state index in [9.17, 15) is 4.39 Å². The molecule has 1 aromatic rings. The van der Waals surface area contributed by atoms with Gasteiger partial charge in [-0.25, -0.2) is 4.39 Å². The molecular weight excluding hydrogens is 229 g/mol. The van der Waals surface area contributed by atoms with E-state index in [-0.39, 0.29) is 12.4 Å². The maximum Gasteiger partial charge on any atom is 0.129 e. The molecule has 4 heteroatoms. The fourth-order valence-electron chi connectivity index (χ4n) is 1.44. The SMILES string of the molecule is CC(CCO)CNCc1ccc(Cl)cc1F. The lowest BCUT2D eigenvalue weighted by atomic mass is 10.1. The third-order valence-corrected chi connectivity index (χ3v) is 2.68. The molecule has 0 fully saturated rings. The number of nitrogens with one attached hydrogen (secondary N) is 1. The number of aliphatic hydroxyl groups is 1. The molecule has 0 aliphatic carbocycles. The highest BCUT2D eigenvalue weighted by atomic mass is 35.5. The van der Waals surface area contributed by atoms with Crippen LogP contribution in [0.25, 0.3) is 0 Å². The van der Waals surface area contributed by atoms with E-state index in [4.69, 9.17) is 16.7 Å². The van der Waals surface area contributed by atoms with Gasteiger partial charge in [-0.15, -0.1) is 0 Å². The average molecular weight is 246 g/mol. The number of rotatable bonds is 6. The lowest BCUT2D eigenvalue weighted by Crippen LogP contribution is -2.21. The quantitative estimate of drug-likeness (QED) is 0.808. The Balaban J connectivity index is 2.37. The molecule has 1 aromatic carbocycles. The van der Waals surface area contributed by atoms with Crippen LogP contribution < -0.4 is 5.32 Å². The first kappa shape index (κ1) is 13.4. The van der Waals surface area contributed by atoms with Crippen LogP contribution in [0.15, 0.2) is 18.2 Å². The van der Waals surface area contributed by atoms with Crippen LogP contribution in [0.5, 0.6) is 0 Å². The average Bonchev–Trinajstić information content (AvgIpc) is 2.22. The fourth-order valence-corrected chi connectivity index (χ4v) is 1.60. The van der Waals surface area contributed by atoms with Crippen molar-refractivity contribution in [3.05, 3.63) is 34.6 Å². The second kappa shape index (κ2) is 6.84. The maximum atomic E-state index is 13.4. The predicted octanol–water partition coefficient (Wildman–Crippen LogP) is 2.59. The van der Waals surface area contributed by atoms with Gasteiger partial charge in [0.15, 0.2) is 0 Å². The van der Waals surface area contributed by atoms with Gasteiger partial charge in [-0.3, -0.25) is 0 Å². The zero-order valence-electron chi connectivity index (χ0n) is 9.34. The van der Waals surface area contributed by atoms with Crippen molar-refractivity contribution < 1.29 is 9.50 Å². The van der Waals surface area contributed by atoms with Crippen molar-refractivity contribution >= 4 is 11.6 Å². The maximum absolute atomic E-state index is 13.4. The van der Waals surface area contributed by atoms with Crippen LogP contribution >= 0.6 is 11.6 Å². The van der Waals surface area contributed by atoms with E-state index in [1.807, 2.05) is 6.92 Å². The Morgan fingerprint density at radius 2 is 2.25 bits per heavy atom. The van der Waals surface area contributed by atoms with Gasteiger partial charge >= 0.3 is 0 Å². The van der Waals surface area contributed by atoms with Gasteiger partial charge in [-0.05, 0) is 31.0 Å². The molecule has 90 valence electrons. The molecule has 16 heavy (non-hydrogen) atoms. The van der Waals surface area contributed by atoms with E-state index in [0.717, 1.165) is 13.0 Å². The number of benzene rings is 1. The smallest absolute Gasteiger partial charge is 0.129 e. The molecule has 1 rings (SSSR count). The summed E-state index contributed by atoms with van der Waals surface area (Å²) in [5.74, 6) is 0.107. The highest BCUT2D eigenvalue weighted by Gasteiger charge is 2.04. The molecule has 0 bridgehead atoms. The predicted molar refractivity (Wildman–Crippen MR) is 64.0 cm³/mol. The molecule has 0 radical (unpaired) electrons. The largest absolute Gasteiger partial charge is 0.396 e. The van der Waals surface area contributed by atoms with Crippen molar-refractivity contribution in [2.45, 2.75) is 19.9 Å². The Labute approximate surface area is 100 Å². The van der Waals surface area contributed by atoms with Gasteiger partial charge in [0.05, 0.1) is 0 Å². The van der Waals surface area contributed by atoms with E-state index >= 15 is 0 Å². The van der Waals surface area contributed by atoms with Crippen LogP contribution in [0, 0.1) is 11.7 Å². The van der Waals surface area contributed by atoms with E-state index in [2.05, 4.69) is 5.32 Å². The number of hydrogen-bond acceptors (Lipinski definition) is 2. The van der Waals surface area contributed by atoms with Gasteiger partial charge in [-0.2, -0.15) is 0 Å². The van der Waals surface area contributed by atoms with Crippen LogP contribution in [0.3, 0.4) is 0 Å². The van der Waals surface area contributed by atoms with Crippen molar-refractivity contribution in [1.29, 1.82) is 0 Å². The Morgan fingerprint density at radius 1 is 1.50 bits per heavy atom. The molecule has 0 aliphatic heterocycles. The summed E-state index contributed by atoms with van der Waals surface area (Å²) in [4.78, 5) is 0. The Morgan fingerprint density at radius 3 is 2.88 bits per heavy atom. The minimum Gasteiger partial charge on any atom is -0.396 e. The van der Waals surface area contributed by atoms with Crippen LogP contribution in [-0.4, -0.2) is 18.3 Å². The summed E-state index contributed by atoms with van der Waals surface area (Å²) in [6.45, 7) is 3.49. The molecule has 0 spiro atoms. The number of aliphatic hydroxyl groups excluding tert-OH is 1. The van der Waals surface area contributed by atoms with Crippen LogP contribution in [-0.2, 0) is 6.54 Å². The van der Waals surface area contributed by atoms with Crippen LogP contribution in [0.1, 0.15) is 18.9 Å². The summed E-state index contributed by atoms with van der Waals surface area (Å²) in [6, 6.07) is 4.68. The Bertz CT molecular complexity index is 333. The van der Waals surface area contributed by atoms with Gasteiger partial charge in [0, 0.05) is 23.7 Å². The van der Waals surface area contributed by atoms with Crippen molar-refractivity contribution in [3.63, 3.8) is 0 Å². The Kier molecular flexibility index (Phi) is 5.74. The standard InChI is InChI=1S/C12H17ClFNO/c1-9(4-5-16)7-15-8-10-2-3-11(13)6-12(10)14/h2-3,6,9,15-16H,4-5,7-8H2,1H3. The highest BCUT2D eigenvalue weighted by Crippen LogP contribution is 2.14.